The van der Waals surface area contributed by atoms with Gasteiger partial charge in [0.2, 0.25) is 0 Å². The van der Waals surface area contributed by atoms with E-state index < -0.39 is 10.0 Å². The van der Waals surface area contributed by atoms with Crippen molar-refractivity contribution in [3.05, 3.63) is 52.5 Å². The molecule has 0 saturated carbocycles. The highest BCUT2D eigenvalue weighted by molar-refractivity contribution is 9.10. The van der Waals surface area contributed by atoms with Gasteiger partial charge in [-0.3, -0.25) is 9.52 Å². The number of sulfonamides is 1. The molecule has 9 heteroatoms. The Hall–Kier alpha value is -2.10. The normalized spacial score (nSPS) is 14.7. The number of nitrogens with one attached hydrogen (secondary N) is 3. The number of anilines is 2. The molecule has 7 nitrogen and oxygen atoms in total. The van der Waals surface area contributed by atoms with Crippen LogP contribution < -0.4 is 20.3 Å². The van der Waals surface area contributed by atoms with Crippen molar-refractivity contribution in [3.63, 3.8) is 0 Å². The first-order chi connectivity index (χ1) is 13.8. The molecule has 2 aromatic carbocycles. The number of carbonyl (C=O) groups excluding carboxylic acids is 1. The molecule has 0 unspecified atom stereocenters. The highest BCUT2D eigenvalue weighted by Gasteiger charge is 2.21. The van der Waals surface area contributed by atoms with E-state index in [-0.39, 0.29) is 16.8 Å². The van der Waals surface area contributed by atoms with E-state index in [1.54, 1.807) is 30.3 Å². The SMILES string of the molecule is CC(C)NC(=O)c1ccc(N2CCNCC2)c(NS(=O)(=O)c2ccc(Br)cc2)c1. The number of nitrogens with zero attached hydrogens (tertiary/aromatic N) is 1. The molecule has 0 radical (unpaired) electrons. The van der Waals surface area contributed by atoms with Gasteiger partial charge in [-0.25, -0.2) is 8.42 Å². The third-order valence-electron chi connectivity index (χ3n) is 4.50. The van der Waals surface area contributed by atoms with Gasteiger partial charge in [0, 0.05) is 42.3 Å². The molecule has 156 valence electrons. The molecular formula is C20H25BrN4O3S. The summed E-state index contributed by atoms with van der Waals surface area (Å²) < 4.78 is 29.4. The topological polar surface area (TPSA) is 90.5 Å². The van der Waals surface area contributed by atoms with Crippen molar-refractivity contribution in [2.24, 2.45) is 0 Å². The monoisotopic (exact) mass is 480 g/mol. The highest BCUT2D eigenvalue weighted by atomic mass is 79.9. The Balaban J connectivity index is 1.98. The summed E-state index contributed by atoms with van der Waals surface area (Å²) in [5.41, 5.74) is 1.56. The molecule has 1 aliphatic rings. The van der Waals surface area contributed by atoms with Crippen molar-refractivity contribution in [3.8, 4) is 0 Å². The number of benzene rings is 2. The van der Waals surface area contributed by atoms with Gasteiger partial charge < -0.3 is 15.5 Å². The molecule has 2 aromatic rings. The Morgan fingerprint density at radius 3 is 2.38 bits per heavy atom. The zero-order chi connectivity index (χ0) is 21.0. The van der Waals surface area contributed by atoms with Gasteiger partial charge in [-0.2, -0.15) is 0 Å². The molecule has 1 fully saturated rings. The maximum atomic E-state index is 12.9. The minimum atomic E-state index is -3.80. The van der Waals surface area contributed by atoms with E-state index in [0.717, 1.165) is 36.3 Å². The molecule has 0 aliphatic carbocycles. The van der Waals surface area contributed by atoms with Crippen molar-refractivity contribution in [2.75, 3.05) is 35.8 Å². The fourth-order valence-corrected chi connectivity index (χ4v) is 4.43. The molecule has 1 saturated heterocycles. The molecule has 0 spiro atoms. The fraction of sp³-hybridized carbons (Fsp3) is 0.350. The molecule has 29 heavy (non-hydrogen) atoms. The summed E-state index contributed by atoms with van der Waals surface area (Å²) in [5.74, 6) is -0.240. The largest absolute Gasteiger partial charge is 0.367 e. The van der Waals surface area contributed by atoms with E-state index in [9.17, 15) is 13.2 Å². The Morgan fingerprint density at radius 2 is 1.76 bits per heavy atom. The summed E-state index contributed by atoms with van der Waals surface area (Å²) in [6.07, 6.45) is 0. The first-order valence-corrected chi connectivity index (χ1v) is 11.7. The lowest BCUT2D eigenvalue weighted by Crippen LogP contribution is -2.43. The second kappa shape index (κ2) is 9.15. The molecule has 3 N–H and O–H groups in total. The van der Waals surface area contributed by atoms with Gasteiger partial charge in [0.1, 0.15) is 0 Å². The molecule has 1 aliphatic heterocycles. The number of hydrogen-bond donors (Lipinski definition) is 3. The minimum absolute atomic E-state index is 0.0155. The summed E-state index contributed by atoms with van der Waals surface area (Å²) in [6.45, 7) is 6.90. The van der Waals surface area contributed by atoms with Crippen LogP contribution in [0.4, 0.5) is 11.4 Å². The van der Waals surface area contributed by atoms with Crippen molar-refractivity contribution >= 4 is 43.2 Å². The zero-order valence-corrected chi connectivity index (χ0v) is 18.8. The van der Waals surface area contributed by atoms with Crippen LogP contribution in [0.3, 0.4) is 0 Å². The number of halogens is 1. The standard InChI is InChI=1S/C20H25BrN4O3S/c1-14(2)23-20(26)15-3-8-19(25-11-9-22-10-12-25)18(13-15)24-29(27,28)17-6-4-16(21)5-7-17/h3-8,13-14,22,24H,9-12H2,1-2H3,(H,23,26). The minimum Gasteiger partial charge on any atom is -0.367 e. The lowest BCUT2D eigenvalue weighted by Gasteiger charge is -2.31. The predicted octanol–water partition coefficient (Wildman–Crippen LogP) is 2.80. The number of carbonyl (C=O) groups is 1. The Kier molecular flexibility index (Phi) is 6.81. The highest BCUT2D eigenvalue weighted by Crippen LogP contribution is 2.30. The molecule has 1 heterocycles. The fourth-order valence-electron chi connectivity index (χ4n) is 3.10. The van der Waals surface area contributed by atoms with Gasteiger partial charge >= 0.3 is 0 Å². The van der Waals surface area contributed by atoms with Gasteiger partial charge in [-0.15, -0.1) is 0 Å². The van der Waals surface area contributed by atoms with Crippen LogP contribution >= 0.6 is 15.9 Å². The lowest BCUT2D eigenvalue weighted by molar-refractivity contribution is 0.0943. The predicted molar refractivity (Wildman–Crippen MR) is 119 cm³/mol. The van der Waals surface area contributed by atoms with Crippen LogP contribution in [0.2, 0.25) is 0 Å². The average Bonchev–Trinajstić information content (AvgIpc) is 2.68. The number of rotatable bonds is 6. The molecule has 0 atom stereocenters. The second-order valence-corrected chi connectivity index (χ2v) is 9.75. The van der Waals surface area contributed by atoms with Crippen molar-refractivity contribution in [2.45, 2.75) is 24.8 Å². The van der Waals surface area contributed by atoms with Gasteiger partial charge in [0.25, 0.3) is 15.9 Å². The zero-order valence-electron chi connectivity index (χ0n) is 16.4. The van der Waals surface area contributed by atoms with Gasteiger partial charge in [-0.05, 0) is 56.3 Å². The first-order valence-electron chi connectivity index (χ1n) is 9.45. The smallest absolute Gasteiger partial charge is 0.261 e. The summed E-state index contributed by atoms with van der Waals surface area (Å²) in [6, 6.07) is 11.5. The van der Waals surface area contributed by atoms with E-state index in [2.05, 4.69) is 36.2 Å². The maximum Gasteiger partial charge on any atom is 0.261 e. The number of hydrogen-bond acceptors (Lipinski definition) is 5. The van der Waals surface area contributed by atoms with Crippen LogP contribution in [0.5, 0.6) is 0 Å². The van der Waals surface area contributed by atoms with E-state index in [0.29, 0.717) is 11.3 Å². The van der Waals surface area contributed by atoms with E-state index in [1.165, 1.54) is 12.1 Å². The molecule has 3 rings (SSSR count). The molecule has 0 bridgehead atoms. The van der Waals surface area contributed by atoms with E-state index in [4.69, 9.17) is 0 Å². The van der Waals surface area contributed by atoms with Crippen molar-refractivity contribution in [1.29, 1.82) is 0 Å². The number of piperazine rings is 1. The maximum absolute atomic E-state index is 12.9. The van der Waals surface area contributed by atoms with Crippen molar-refractivity contribution < 1.29 is 13.2 Å². The lowest BCUT2D eigenvalue weighted by atomic mass is 10.1. The van der Waals surface area contributed by atoms with Gasteiger partial charge in [0.05, 0.1) is 16.3 Å². The quantitative estimate of drug-likeness (QED) is 0.591. The van der Waals surface area contributed by atoms with Crippen LogP contribution in [-0.4, -0.2) is 46.5 Å². The van der Waals surface area contributed by atoms with Gasteiger partial charge in [-0.1, -0.05) is 15.9 Å². The molecular weight excluding hydrogens is 456 g/mol. The average molecular weight is 481 g/mol. The van der Waals surface area contributed by atoms with Crippen LogP contribution in [0, 0.1) is 0 Å². The first kappa shape index (κ1) is 21.6. The Labute approximate surface area is 180 Å². The van der Waals surface area contributed by atoms with E-state index in [1.807, 2.05) is 13.8 Å². The third kappa shape index (κ3) is 5.49. The summed E-state index contributed by atoms with van der Waals surface area (Å²) in [4.78, 5) is 14.7. The Bertz CT molecular complexity index is 972. The number of amides is 1. The summed E-state index contributed by atoms with van der Waals surface area (Å²) >= 11 is 3.32. The second-order valence-electron chi connectivity index (χ2n) is 7.16. The van der Waals surface area contributed by atoms with Crippen LogP contribution in [0.1, 0.15) is 24.2 Å². The third-order valence-corrected chi connectivity index (χ3v) is 6.41. The van der Waals surface area contributed by atoms with Gasteiger partial charge in [0.15, 0.2) is 0 Å². The summed E-state index contributed by atoms with van der Waals surface area (Å²) in [5, 5.41) is 6.13. The van der Waals surface area contributed by atoms with Crippen LogP contribution in [0.15, 0.2) is 51.8 Å². The Morgan fingerprint density at radius 1 is 1.10 bits per heavy atom. The molecule has 1 amide bonds. The van der Waals surface area contributed by atoms with E-state index >= 15 is 0 Å². The summed E-state index contributed by atoms with van der Waals surface area (Å²) in [7, 11) is -3.80. The van der Waals surface area contributed by atoms with Crippen LogP contribution in [-0.2, 0) is 10.0 Å². The van der Waals surface area contributed by atoms with Crippen LogP contribution in [0.25, 0.3) is 0 Å². The van der Waals surface area contributed by atoms with Crippen molar-refractivity contribution in [1.82, 2.24) is 10.6 Å². The molecule has 0 aromatic heterocycles.